The van der Waals surface area contributed by atoms with Crippen molar-refractivity contribution >= 4 is 0 Å². The molecule has 2 aliphatic rings. The van der Waals surface area contributed by atoms with Crippen LogP contribution in [0.2, 0.25) is 0 Å². The Hall–Kier alpha value is -2.24. The van der Waals surface area contributed by atoms with Crippen LogP contribution in [0.4, 0.5) is 0 Å². The monoisotopic (exact) mass is 448 g/mol. The second kappa shape index (κ2) is 7.54. The van der Waals surface area contributed by atoms with Gasteiger partial charge in [0.1, 0.15) is 0 Å². The Morgan fingerprint density at radius 3 is 1.34 bits per heavy atom. The van der Waals surface area contributed by atoms with Gasteiger partial charge >= 0.3 is 0 Å². The van der Waals surface area contributed by atoms with Crippen molar-refractivity contribution in [3.05, 3.63) is 118 Å². The molecule has 2 aliphatic carbocycles. The predicted molar refractivity (Wildman–Crippen MR) is 117 cm³/mol. The first-order valence-electron chi connectivity index (χ1n) is 10.3. The van der Waals surface area contributed by atoms with Crippen LogP contribution in [0.25, 0.3) is 22.3 Å². The minimum absolute atomic E-state index is 0. The van der Waals surface area contributed by atoms with E-state index in [0.29, 0.717) is 0 Å². The molecule has 1 heteroatoms. The number of rotatable bonds is 3. The van der Waals surface area contributed by atoms with Crippen LogP contribution < -0.4 is 0 Å². The zero-order valence-corrected chi connectivity index (χ0v) is 18.9. The van der Waals surface area contributed by atoms with Crippen molar-refractivity contribution in [3.63, 3.8) is 0 Å². The maximum atomic E-state index is 2.34. The molecule has 138 valence electrons. The second-order valence-corrected chi connectivity index (χ2v) is 8.05. The number of hydrogen-bond acceptors (Lipinski definition) is 0. The predicted octanol–water partition coefficient (Wildman–Crippen LogP) is 6.61. The molecule has 4 aromatic carbocycles. The summed E-state index contributed by atoms with van der Waals surface area (Å²) >= 11 is 0. The Balaban J connectivity index is 0.00000181. The summed E-state index contributed by atoms with van der Waals surface area (Å²) in [7, 11) is 0. The maximum absolute atomic E-state index is 2.34. The number of aryl methyl sites for hydroxylation is 2. The van der Waals surface area contributed by atoms with E-state index in [2.05, 4.69) is 84.9 Å². The minimum atomic E-state index is 0. The average molecular weight is 450 g/mol. The molecule has 29 heavy (non-hydrogen) atoms. The van der Waals surface area contributed by atoms with Crippen molar-refractivity contribution in [2.45, 2.75) is 25.7 Å². The van der Waals surface area contributed by atoms with Crippen LogP contribution in [0.15, 0.2) is 84.9 Å². The summed E-state index contributed by atoms with van der Waals surface area (Å²) in [4.78, 5) is 0. The molecule has 0 fully saturated rings. The van der Waals surface area contributed by atoms with E-state index in [1.165, 1.54) is 44.5 Å². The Morgan fingerprint density at radius 2 is 0.862 bits per heavy atom. The summed E-state index contributed by atoms with van der Waals surface area (Å²) in [6, 6.07) is 31.5. The molecule has 0 atom stereocenters. The van der Waals surface area contributed by atoms with E-state index in [1.54, 1.807) is 11.1 Å². The van der Waals surface area contributed by atoms with Crippen molar-refractivity contribution in [1.82, 2.24) is 0 Å². The van der Waals surface area contributed by atoms with Gasteiger partial charge in [-0.05, 0) is 81.3 Å². The van der Waals surface area contributed by atoms with E-state index in [9.17, 15) is 0 Å². The maximum Gasteiger partial charge on any atom is 0 e. The Kier molecular flexibility index (Phi) is 4.88. The molecule has 0 saturated carbocycles. The fourth-order valence-electron chi connectivity index (χ4n) is 5.18. The van der Waals surface area contributed by atoms with E-state index >= 15 is 0 Å². The van der Waals surface area contributed by atoms with Gasteiger partial charge in [-0.2, -0.15) is 0 Å². The van der Waals surface area contributed by atoms with Crippen LogP contribution in [-0.4, -0.2) is 0 Å². The topological polar surface area (TPSA) is 0 Å². The van der Waals surface area contributed by atoms with Crippen LogP contribution in [0, 0.1) is 0 Å². The molecule has 0 radical (unpaired) electrons. The Labute approximate surface area is 191 Å². The van der Waals surface area contributed by atoms with E-state index in [-0.39, 0.29) is 26.2 Å². The number of hydrogen-bond donors (Lipinski definition) is 0. The minimum Gasteiger partial charge on any atom is -0.0619 e. The van der Waals surface area contributed by atoms with Gasteiger partial charge in [-0.15, -0.1) is 0 Å². The molecular formula is C28H22Zr. The van der Waals surface area contributed by atoms with Gasteiger partial charge in [0, 0.05) is 26.2 Å². The quantitative estimate of drug-likeness (QED) is 0.285. The molecule has 0 heterocycles. The summed E-state index contributed by atoms with van der Waals surface area (Å²) in [5, 5.41) is 0. The van der Waals surface area contributed by atoms with Crippen molar-refractivity contribution in [1.29, 1.82) is 0 Å². The Morgan fingerprint density at radius 1 is 0.448 bits per heavy atom. The summed E-state index contributed by atoms with van der Waals surface area (Å²) in [5.74, 6) is 0. The summed E-state index contributed by atoms with van der Waals surface area (Å²) in [5.41, 5.74) is 14.8. The molecule has 0 amide bonds. The Bertz CT molecular complexity index is 1120. The third-order valence-corrected chi connectivity index (χ3v) is 6.56. The fraction of sp³-hybridized carbons (Fsp3) is 0.143. The molecule has 0 bridgehead atoms. The first-order valence-corrected chi connectivity index (χ1v) is 10.3. The number of fused-ring (bicyclic) bond motifs is 6. The summed E-state index contributed by atoms with van der Waals surface area (Å²) < 4.78 is 0. The molecule has 0 aromatic heterocycles. The molecule has 0 nitrogen and oxygen atoms in total. The first-order chi connectivity index (χ1) is 13.9. The third-order valence-electron chi connectivity index (χ3n) is 6.56. The van der Waals surface area contributed by atoms with E-state index in [4.69, 9.17) is 0 Å². The fourth-order valence-corrected chi connectivity index (χ4v) is 5.18. The molecule has 0 spiro atoms. The third kappa shape index (κ3) is 3.08. The molecule has 0 saturated heterocycles. The van der Waals surface area contributed by atoms with Crippen LogP contribution in [0.5, 0.6) is 0 Å². The normalized spacial score (nSPS) is 12.6. The molecule has 0 unspecified atom stereocenters. The SMILES string of the molecule is [Zr].c1ccc2c(c1)Cc1c(CCc3cccc4c3Cc3ccccc3-4)cccc1-2. The summed E-state index contributed by atoms with van der Waals surface area (Å²) in [6.45, 7) is 0. The van der Waals surface area contributed by atoms with Gasteiger partial charge in [0.2, 0.25) is 0 Å². The molecule has 4 aromatic rings. The smallest absolute Gasteiger partial charge is 0 e. The standard InChI is InChI=1S/C28H22.Zr/c1-3-11-23-21(7-1)17-27-19(9-5-13-25(23)27)15-16-20-10-6-14-26-24-12-4-2-8-22(24)18-28(20)26;/h1-14H,15-18H2;. The second-order valence-electron chi connectivity index (χ2n) is 8.05. The zero-order valence-electron chi connectivity index (χ0n) is 16.4. The van der Waals surface area contributed by atoms with Gasteiger partial charge < -0.3 is 0 Å². The van der Waals surface area contributed by atoms with Crippen LogP contribution in [0.1, 0.15) is 33.4 Å². The molecule has 6 rings (SSSR count). The van der Waals surface area contributed by atoms with E-state index in [0.717, 1.165) is 25.7 Å². The average Bonchev–Trinajstić information content (AvgIpc) is 3.31. The van der Waals surface area contributed by atoms with Crippen molar-refractivity contribution in [2.75, 3.05) is 0 Å². The van der Waals surface area contributed by atoms with Gasteiger partial charge in [0.15, 0.2) is 0 Å². The molecule has 0 N–H and O–H groups in total. The van der Waals surface area contributed by atoms with Gasteiger partial charge in [0.25, 0.3) is 0 Å². The van der Waals surface area contributed by atoms with E-state index in [1.807, 2.05) is 0 Å². The largest absolute Gasteiger partial charge is 0.0619 e. The van der Waals surface area contributed by atoms with Crippen LogP contribution in [0.3, 0.4) is 0 Å². The van der Waals surface area contributed by atoms with Gasteiger partial charge in [-0.25, -0.2) is 0 Å². The first kappa shape index (κ1) is 18.8. The van der Waals surface area contributed by atoms with Gasteiger partial charge in [-0.3, -0.25) is 0 Å². The van der Waals surface area contributed by atoms with Gasteiger partial charge in [0.05, 0.1) is 0 Å². The van der Waals surface area contributed by atoms with Crippen molar-refractivity contribution in [3.8, 4) is 22.3 Å². The van der Waals surface area contributed by atoms with Crippen LogP contribution >= 0.6 is 0 Å². The summed E-state index contributed by atoms with van der Waals surface area (Å²) in [6.07, 6.45) is 4.40. The van der Waals surface area contributed by atoms with Crippen molar-refractivity contribution in [2.24, 2.45) is 0 Å². The van der Waals surface area contributed by atoms with Crippen molar-refractivity contribution < 1.29 is 26.2 Å². The zero-order chi connectivity index (χ0) is 18.5. The molecule has 0 aliphatic heterocycles. The van der Waals surface area contributed by atoms with E-state index < -0.39 is 0 Å². The molecular weight excluding hydrogens is 428 g/mol. The number of benzene rings is 4. The van der Waals surface area contributed by atoms with Crippen LogP contribution in [-0.2, 0) is 51.9 Å². The van der Waals surface area contributed by atoms with Gasteiger partial charge in [-0.1, -0.05) is 84.9 Å².